The summed E-state index contributed by atoms with van der Waals surface area (Å²) < 4.78 is 39.8. The van der Waals surface area contributed by atoms with Gasteiger partial charge in [-0.25, -0.2) is 4.79 Å². The smallest absolute Gasteiger partial charge is 0.454 e. The van der Waals surface area contributed by atoms with Gasteiger partial charge in [0.15, 0.2) is 0 Å². The number of ether oxygens (including phenoxy) is 1. The van der Waals surface area contributed by atoms with Crippen LogP contribution in [0.25, 0.3) is 0 Å². The van der Waals surface area contributed by atoms with E-state index in [9.17, 15) is 22.8 Å². The fourth-order valence-electron chi connectivity index (χ4n) is 0.772. The Hall–Kier alpha value is -0.980. The van der Waals surface area contributed by atoms with Gasteiger partial charge in [-0.05, 0) is 6.42 Å². The highest BCUT2D eigenvalue weighted by Crippen LogP contribution is 2.17. The largest absolute Gasteiger partial charge is 0.471 e. The van der Waals surface area contributed by atoms with Gasteiger partial charge in [-0.15, -0.1) is 0 Å². The van der Waals surface area contributed by atoms with Crippen LogP contribution < -0.4 is 0 Å². The third-order valence-electron chi connectivity index (χ3n) is 1.44. The molecule has 0 bridgehead atoms. The van der Waals surface area contributed by atoms with Gasteiger partial charge in [-0.1, -0.05) is 0 Å². The number of hydrogen-bond acceptors (Lipinski definition) is 3. The van der Waals surface area contributed by atoms with E-state index < -0.39 is 17.5 Å². The second-order valence-corrected chi connectivity index (χ2v) is 2.97. The first-order valence-electron chi connectivity index (χ1n) is 3.89. The number of carbonyl (C=O) groups is 2. The van der Waals surface area contributed by atoms with Gasteiger partial charge in [-0.3, -0.25) is 4.79 Å². The summed E-state index contributed by atoms with van der Waals surface area (Å²) in [6.07, 6.45) is -4.78. The Morgan fingerprint density at radius 3 is 2.33 bits per heavy atom. The molecule has 0 saturated carbocycles. The van der Waals surface area contributed by atoms with Gasteiger partial charge in [0.05, 0.1) is 6.61 Å². The zero-order valence-corrected chi connectivity index (χ0v) is 8.56. The van der Waals surface area contributed by atoms with Crippen LogP contribution in [0.2, 0.25) is 0 Å². The molecule has 0 radical (unpaired) electrons. The van der Waals surface area contributed by atoms with Crippen LogP contribution in [-0.2, 0) is 9.53 Å². The Kier molecular flexibility index (Phi) is 5.41. The molecule has 0 aromatic rings. The summed E-state index contributed by atoms with van der Waals surface area (Å²) >= 11 is 4.81. The van der Waals surface area contributed by atoms with E-state index in [2.05, 4.69) is 4.74 Å². The van der Waals surface area contributed by atoms with Crippen molar-refractivity contribution in [2.24, 2.45) is 0 Å². The summed E-state index contributed by atoms with van der Waals surface area (Å²) in [6, 6.07) is 0. The molecule has 0 aliphatic rings. The number of hydrogen-bond donors (Lipinski definition) is 0. The van der Waals surface area contributed by atoms with Crippen molar-refractivity contribution >= 4 is 22.9 Å². The van der Waals surface area contributed by atoms with E-state index in [-0.39, 0.29) is 19.6 Å². The summed E-state index contributed by atoms with van der Waals surface area (Å²) in [5, 5.41) is 0. The van der Waals surface area contributed by atoms with Gasteiger partial charge in [0.25, 0.3) is 0 Å². The van der Waals surface area contributed by atoms with Crippen LogP contribution in [0.1, 0.15) is 6.42 Å². The van der Waals surface area contributed by atoms with Gasteiger partial charge >= 0.3 is 17.5 Å². The molecular formula is C7H9ClF3NO3. The lowest BCUT2D eigenvalue weighted by Crippen LogP contribution is -2.39. The Labute approximate surface area is 88.9 Å². The van der Waals surface area contributed by atoms with Crippen LogP contribution in [0.3, 0.4) is 0 Å². The molecule has 1 amide bonds. The molecule has 0 fully saturated rings. The van der Waals surface area contributed by atoms with Crippen LogP contribution in [0.4, 0.5) is 18.0 Å². The molecule has 0 spiro atoms. The maximum atomic E-state index is 11.8. The molecule has 0 atom stereocenters. The first-order valence-corrected chi connectivity index (χ1v) is 4.27. The molecule has 0 heterocycles. The van der Waals surface area contributed by atoms with Crippen molar-refractivity contribution in [2.75, 3.05) is 20.2 Å². The Balaban J connectivity index is 3.80. The maximum absolute atomic E-state index is 11.8. The summed E-state index contributed by atoms with van der Waals surface area (Å²) in [7, 11) is 1.01. The van der Waals surface area contributed by atoms with E-state index >= 15 is 0 Å². The normalized spacial score (nSPS) is 11.0. The number of halogens is 4. The molecule has 0 aliphatic heterocycles. The first kappa shape index (κ1) is 14.0. The van der Waals surface area contributed by atoms with Crippen molar-refractivity contribution in [1.29, 1.82) is 0 Å². The first-order chi connectivity index (χ1) is 6.75. The average molecular weight is 248 g/mol. The fraction of sp³-hybridized carbons (Fsp3) is 0.714. The van der Waals surface area contributed by atoms with E-state index in [0.717, 1.165) is 7.05 Å². The zero-order valence-electron chi connectivity index (χ0n) is 7.81. The summed E-state index contributed by atoms with van der Waals surface area (Å²) in [6.45, 7) is -0.291. The zero-order chi connectivity index (χ0) is 12.1. The summed E-state index contributed by atoms with van der Waals surface area (Å²) in [5.74, 6) is -1.93. The molecule has 0 aromatic carbocycles. The molecule has 0 N–H and O–H groups in total. The molecule has 0 rings (SSSR count). The highest BCUT2D eigenvalue weighted by Gasteiger charge is 2.40. The van der Waals surface area contributed by atoms with Crippen molar-refractivity contribution in [2.45, 2.75) is 12.6 Å². The Bertz CT molecular complexity index is 244. The minimum absolute atomic E-state index is 0.0940. The van der Waals surface area contributed by atoms with E-state index in [4.69, 9.17) is 11.6 Å². The lowest BCUT2D eigenvalue weighted by molar-refractivity contribution is -0.184. The van der Waals surface area contributed by atoms with E-state index in [1.807, 2.05) is 0 Å². The lowest BCUT2D eigenvalue weighted by atomic mass is 10.4. The quantitative estimate of drug-likeness (QED) is 0.562. The standard InChI is InChI=1S/C7H9ClF3NO3/c1-12(5(13)7(9,10)11)3-2-4-15-6(8)14/h2-4H2,1H3. The van der Waals surface area contributed by atoms with Crippen molar-refractivity contribution in [3.8, 4) is 0 Å². The minimum atomic E-state index is -4.88. The lowest BCUT2D eigenvalue weighted by Gasteiger charge is -2.18. The number of nitrogens with zero attached hydrogens (tertiary/aromatic N) is 1. The highest BCUT2D eigenvalue weighted by atomic mass is 35.5. The molecule has 0 aliphatic carbocycles. The molecule has 15 heavy (non-hydrogen) atoms. The second-order valence-electron chi connectivity index (χ2n) is 2.66. The van der Waals surface area contributed by atoms with Gasteiger partial charge in [0.1, 0.15) is 0 Å². The Morgan fingerprint density at radius 1 is 1.40 bits per heavy atom. The van der Waals surface area contributed by atoms with E-state index in [1.165, 1.54) is 0 Å². The van der Waals surface area contributed by atoms with E-state index in [0.29, 0.717) is 4.90 Å². The van der Waals surface area contributed by atoms with Crippen LogP contribution in [0, 0.1) is 0 Å². The third-order valence-corrected chi connectivity index (χ3v) is 1.55. The second kappa shape index (κ2) is 5.79. The van der Waals surface area contributed by atoms with Crippen LogP contribution in [0.5, 0.6) is 0 Å². The molecule has 0 unspecified atom stereocenters. The van der Waals surface area contributed by atoms with Crippen LogP contribution >= 0.6 is 11.6 Å². The summed E-state index contributed by atoms with van der Waals surface area (Å²) in [5.41, 5.74) is -1.03. The molecule has 8 heteroatoms. The number of carbonyl (C=O) groups excluding carboxylic acids is 2. The molecule has 0 aromatic heterocycles. The molecular weight excluding hydrogens is 239 g/mol. The van der Waals surface area contributed by atoms with Crippen molar-refractivity contribution in [3.05, 3.63) is 0 Å². The highest BCUT2D eigenvalue weighted by molar-refractivity contribution is 6.61. The van der Waals surface area contributed by atoms with E-state index in [1.54, 1.807) is 0 Å². The van der Waals surface area contributed by atoms with Crippen molar-refractivity contribution in [1.82, 2.24) is 4.90 Å². The third kappa shape index (κ3) is 6.16. The predicted octanol–water partition coefficient (Wildman–Crippen LogP) is 1.77. The molecule has 0 saturated heterocycles. The molecule has 4 nitrogen and oxygen atoms in total. The van der Waals surface area contributed by atoms with Gasteiger partial charge in [-0.2, -0.15) is 13.2 Å². The average Bonchev–Trinajstić information content (AvgIpc) is 2.09. The van der Waals surface area contributed by atoms with Gasteiger partial charge in [0.2, 0.25) is 0 Å². The van der Waals surface area contributed by atoms with Gasteiger partial charge < -0.3 is 9.64 Å². The monoisotopic (exact) mass is 247 g/mol. The van der Waals surface area contributed by atoms with Gasteiger partial charge in [0, 0.05) is 25.2 Å². The van der Waals surface area contributed by atoms with Crippen molar-refractivity contribution < 1.29 is 27.5 Å². The summed E-state index contributed by atoms with van der Waals surface area (Å²) in [4.78, 5) is 21.1. The molecule has 88 valence electrons. The number of amides is 1. The fourth-order valence-corrected chi connectivity index (χ4v) is 0.849. The van der Waals surface area contributed by atoms with Crippen LogP contribution in [-0.4, -0.2) is 42.6 Å². The van der Waals surface area contributed by atoms with Crippen molar-refractivity contribution in [3.63, 3.8) is 0 Å². The topological polar surface area (TPSA) is 46.6 Å². The SMILES string of the molecule is CN(CCCOC(=O)Cl)C(=O)C(F)(F)F. The number of alkyl halides is 3. The maximum Gasteiger partial charge on any atom is 0.471 e. The minimum Gasteiger partial charge on any atom is -0.454 e. The predicted molar refractivity (Wildman–Crippen MR) is 45.5 cm³/mol. The Morgan fingerprint density at radius 2 is 1.93 bits per heavy atom. The number of rotatable bonds is 4. The van der Waals surface area contributed by atoms with Crippen LogP contribution in [0.15, 0.2) is 0 Å².